The number of halogens is 5. The Bertz CT molecular complexity index is 1470. The molecule has 208 valence electrons. The van der Waals surface area contributed by atoms with E-state index < -0.39 is 54.5 Å². The van der Waals surface area contributed by atoms with Crippen LogP contribution in [-0.4, -0.2) is 40.7 Å². The third-order valence-corrected chi connectivity index (χ3v) is 7.50. The first-order chi connectivity index (χ1) is 19.0. The topological polar surface area (TPSA) is 82.6 Å². The molecule has 1 aromatic heterocycles. The summed E-state index contributed by atoms with van der Waals surface area (Å²) in [6.07, 6.45) is 0.398. The van der Waals surface area contributed by atoms with Crippen molar-refractivity contribution in [3.63, 3.8) is 0 Å². The molecule has 7 nitrogen and oxygen atoms in total. The van der Waals surface area contributed by atoms with Crippen molar-refractivity contribution in [3.05, 3.63) is 88.3 Å². The van der Waals surface area contributed by atoms with E-state index in [-0.39, 0.29) is 40.8 Å². The van der Waals surface area contributed by atoms with Crippen molar-refractivity contribution in [2.75, 3.05) is 9.80 Å². The number of pyridine rings is 1. The molecule has 3 amide bonds. The van der Waals surface area contributed by atoms with Gasteiger partial charge in [-0.15, -0.1) is 0 Å². The van der Waals surface area contributed by atoms with Gasteiger partial charge in [0.05, 0.1) is 0 Å². The Morgan fingerprint density at radius 3 is 2.50 bits per heavy atom. The molecule has 1 saturated carbocycles. The molecule has 1 aliphatic heterocycles. The molecule has 12 heteroatoms. The predicted octanol–water partition coefficient (Wildman–Crippen LogP) is 5.71. The molecule has 1 aliphatic carbocycles. The maximum absolute atomic E-state index is 14.5. The van der Waals surface area contributed by atoms with Gasteiger partial charge in [0.2, 0.25) is 11.8 Å². The Labute approximate surface area is 237 Å². The van der Waals surface area contributed by atoms with Crippen molar-refractivity contribution in [1.82, 2.24) is 10.3 Å². The number of anilines is 2. The molecule has 3 aromatic rings. The van der Waals surface area contributed by atoms with Crippen molar-refractivity contribution in [2.24, 2.45) is 0 Å². The lowest BCUT2D eigenvalue weighted by atomic mass is 9.87. The van der Waals surface area contributed by atoms with Gasteiger partial charge in [0, 0.05) is 52.8 Å². The standard InChI is InChI=1S/C28H23Cl2F3N4O3/c29-16-10-11-34-23(12-16)37-22(8-9-24(37)38)27(40)36(19-5-3-4-17(31)13-19)25(20-6-1-2-7-21(20)30)26(39)35-18-14-28(32,33)15-18/h1-7,10-13,18,22,25H,8-9,14-15H2,(H,35,39)/t22-,25+/m0/s1. The summed E-state index contributed by atoms with van der Waals surface area (Å²) in [4.78, 5) is 47.6. The van der Waals surface area contributed by atoms with Crippen molar-refractivity contribution >= 4 is 52.4 Å². The normalized spacial score (nSPS) is 19.2. The number of aromatic nitrogens is 1. The van der Waals surface area contributed by atoms with E-state index in [0.717, 1.165) is 11.0 Å². The zero-order valence-electron chi connectivity index (χ0n) is 20.9. The lowest BCUT2D eigenvalue weighted by Gasteiger charge is -2.39. The first-order valence-electron chi connectivity index (χ1n) is 12.5. The number of benzene rings is 2. The number of nitrogens with zero attached hydrogens (tertiary/aromatic N) is 3. The number of nitrogens with one attached hydrogen (secondary N) is 1. The van der Waals surface area contributed by atoms with E-state index in [9.17, 15) is 27.6 Å². The van der Waals surface area contributed by atoms with Crippen LogP contribution in [0.2, 0.25) is 10.0 Å². The van der Waals surface area contributed by atoms with Crippen LogP contribution in [0, 0.1) is 5.82 Å². The third-order valence-electron chi connectivity index (χ3n) is 6.92. The zero-order chi connectivity index (χ0) is 28.6. The molecule has 0 bridgehead atoms. The van der Waals surface area contributed by atoms with Gasteiger partial charge >= 0.3 is 0 Å². The highest BCUT2D eigenvalue weighted by Crippen LogP contribution is 2.40. The summed E-state index contributed by atoms with van der Waals surface area (Å²) in [5.74, 6) is -5.31. The van der Waals surface area contributed by atoms with Crippen molar-refractivity contribution in [2.45, 2.75) is 49.7 Å². The van der Waals surface area contributed by atoms with Crippen LogP contribution in [0.5, 0.6) is 0 Å². The van der Waals surface area contributed by atoms with E-state index in [1.54, 1.807) is 12.1 Å². The molecular formula is C28H23Cl2F3N4O3. The van der Waals surface area contributed by atoms with Crippen LogP contribution in [0.1, 0.15) is 37.3 Å². The van der Waals surface area contributed by atoms with E-state index in [1.807, 2.05) is 0 Å². The molecule has 2 aromatic carbocycles. The van der Waals surface area contributed by atoms with Crippen LogP contribution in [0.3, 0.4) is 0 Å². The first-order valence-corrected chi connectivity index (χ1v) is 13.2. The molecule has 1 N–H and O–H groups in total. The Hall–Kier alpha value is -3.63. The van der Waals surface area contributed by atoms with Crippen molar-refractivity contribution in [1.29, 1.82) is 0 Å². The average molecular weight is 591 g/mol. The number of carbonyl (C=O) groups excluding carboxylic acids is 3. The second kappa shape index (κ2) is 11.1. The zero-order valence-corrected chi connectivity index (χ0v) is 22.4. The molecule has 2 atom stereocenters. The van der Waals surface area contributed by atoms with Gasteiger partial charge in [-0.1, -0.05) is 47.5 Å². The highest BCUT2D eigenvalue weighted by molar-refractivity contribution is 6.32. The molecule has 1 saturated heterocycles. The van der Waals surface area contributed by atoms with E-state index in [4.69, 9.17) is 23.2 Å². The maximum atomic E-state index is 14.5. The van der Waals surface area contributed by atoms with Crippen LogP contribution in [0.25, 0.3) is 0 Å². The molecule has 2 heterocycles. The number of hydrogen-bond donors (Lipinski definition) is 1. The molecule has 2 aliphatic rings. The second-order valence-corrected chi connectivity index (χ2v) is 10.6. The maximum Gasteiger partial charge on any atom is 0.252 e. The van der Waals surface area contributed by atoms with Gasteiger partial charge in [-0.05, 0) is 42.8 Å². The van der Waals surface area contributed by atoms with Crippen LogP contribution in [0.15, 0.2) is 66.9 Å². The van der Waals surface area contributed by atoms with E-state index >= 15 is 0 Å². The quantitative estimate of drug-likeness (QED) is 0.382. The summed E-state index contributed by atoms with van der Waals surface area (Å²) < 4.78 is 41.6. The number of hydrogen-bond acceptors (Lipinski definition) is 4. The lowest BCUT2D eigenvalue weighted by molar-refractivity contribution is -0.133. The smallest absolute Gasteiger partial charge is 0.252 e. The van der Waals surface area contributed by atoms with E-state index in [2.05, 4.69) is 10.3 Å². The van der Waals surface area contributed by atoms with E-state index in [0.29, 0.717) is 5.02 Å². The molecule has 5 rings (SSSR count). The molecule has 0 spiro atoms. The minimum atomic E-state index is -2.90. The van der Waals surface area contributed by atoms with E-state index in [1.165, 1.54) is 53.6 Å². The number of rotatable bonds is 7. The summed E-state index contributed by atoms with van der Waals surface area (Å²) in [5, 5.41) is 3.02. The summed E-state index contributed by atoms with van der Waals surface area (Å²) in [5.41, 5.74) is 0.212. The van der Waals surface area contributed by atoms with Crippen molar-refractivity contribution < 1.29 is 27.6 Å². The summed E-state index contributed by atoms with van der Waals surface area (Å²) >= 11 is 12.6. The van der Waals surface area contributed by atoms with Gasteiger partial charge in [-0.25, -0.2) is 18.2 Å². The average Bonchev–Trinajstić information content (AvgIpc) is 3.27. The number of amides is 3. The minimum absolute atomic E-state index is 0.0156. The second-order valence-electron chi connectivity index (χ2n) is 9.73. The summed E-state index contributed by atoms with van der Waals surface area (Å²) in [6.45, 7) is 0. The van der Waals surface area contributed by atoms with Gasteiger partial charge in [0.15, 0.2) is 0 Å². The molecule has 0 unspecified atom stereocenters. The van der Waals surface area contributed by atoms with Gasteiger partial charge < -0.3 is 5.32 Å². The molecule has 0 radical (unpaired) electrons. The number of carbonyl (C=O) groups is 3. The molecule has 40 heavy (non-hydrogen) atoms. The SMILES string of the molecule is O=C(NC1CC(F)(F)C1)[C@@H](c1ccccc1Cl)N(C(=O)[C@@H]1CCC(=O)N1c1cc(Cl)ccn1)c1cccc(F)c1. The fraction of sp³-hybridized carbons (Fsp3) is 0.286. The highest BCUT2D eigenvalue weighted by Gasteiger charge is 2.48. The van der Waals surface area contributed by atoms with Gasteiger partial charge in [-0.3, -0.25) is 24.2 Å². The predicted molar refractivity (Wildman–Crippen MR) is 144 cm³/mol. The van der Waals surface area contributed by atoms with Gasteiger partial charge in [-0.2, -0.15) is 0 Å². The fourth-order valence-electron chi connectivity index (χ4n) is 5.06. The van der Waals surface area contributed by atoms with Crippen LogP contribution >= 0.6 is 23.2 Å². The van der Waals surface area contributed by atoms with Gasteiger partial charge in [0.25, 0.3) is 11.8 Å². The Kier molecular flexibility index (Phi) is 7.74. The van der Waals surface area contributed by atoms with Crippen LogP contribution in [-0.2, 0) is 14.4 Å². The molecule has 2 fully saturated rings. The largest absolute Gasteiger partial charge is 0.351 e. The minimum Gasteiger partial charge on any atom is -0.351 e. The van der Waals surface area contributed by atoms with Crippen molar-refractivity contribution in [3.8, 4) is 0 Å². The Morgan fingerprint density at radius 2 is 1.82 bits per heavy atom. The highest BCUT2D eigenvalue weighted by atomic mass is 35.5. The van der Waals surface area contributed by atoms with Crippen LogP contribution < -0.4 is 15.1 Å². The molecular weight excluding hydrogens is 568 g/mol. The fourth-order valence-corrected chi connectivity index (χ4v) is 5.45. The lowest BCUT2D eigenvalue weighted by Crippen LogP contribution is -2.56. The summed E-state index contributed by atoms with van der Waals surface area (Å²) in [7, 11) is 0. The van der Waals surface area contributed by atoms with Gasteiger partial charge in [0.1, 0.15) is 23.7 Å². The number of alkyl halides is 2. The van der Waals surface area contributed by atoms with Crippen LogP contribution in [0.4, 0.5) is 24.7 Å². The Morgan fingerprint density at radius 1 is 1.07 bits per heavy atom. The summed E-state index contributed by atoms with van der Waals surface area (Å²) in [6, 6.07) is 10.9. The first kappa shape index (κ1) is 27.9. The Balaban J connectivity index is 1.60. The third kappa shape index (κ3) is 5.64. The monoisotopic (exact) mass is 590 g/mol.